The Morgan fingerprint density at radius 2 is 1.30 bits per heavy atom. The Labute approximate surface area is 392 Å². The maximum absolute atomic E-state index is 12.8. The fourth-order valence-electron chi connectivity index (χ4n) is 7.19. The molecule has 1 aromatic heterocycles. The van der Waals surface area contributed by atoms with Crippen molar-refractivity contribution in [3.05, 3.63) is 47.1 Å². The van der Waals surface area contributed by atoms with Crippen molar-refractivity contribution in [2.45, 2.75) is 206 Å². The number of esters is 2. The molecular weight excluding hydrogens is 896 g/mol. The minimum absolute atomic E-state index is 0.0343. The van der Waals surface area contributed by atoms with E-state index in [0.717, 1.165) is 80.9 Å². The van der Waals surface area contributed by atoms with Gasteiger partial charge in [-0.15, -0.1) is 0 Å². The zero-order valence-electron chi connectivity index (χ0n) is 39.7. The van der Waals surface area contributed by atoms with Crippen molar-refractivity contribution in [1.29, 1.82) is 0 Å². The van der Waals surface area contributed by atoms with Crippen molar-refractivity contribution in [3.8, 4) is 0 Å². The van der Waals surface area contributed by atoms with Crippen LogP contribution in [0.1, 0.15) is 181 Å². The minimum Gasteiger partial charge on any atom is -0.462 e. The summed E-state index contributed by atoms with van der Waals surface area (Å²) in [5.74, 6) is -0.555. The largest absolute Gasteiger partial charge is 0.481 e. The third-order valence-corrected chi connectivity index (χ3v) is 13.6. The summed E-state index contributed by atoms with van der Waals surface area (Å²) in [5, 5.41) is 20.9. The van der Waals surface area contributed by atoms with E-state index in [-0.39, 0.29) is 18.7 Å². The molecule has 0 amide bonds. The normalized spacial score (nSPS) is 19.9. The number of allylic oxidation sites excluding steroid dienone is 4. The molecule has 1 aliphatic heterocycles. The molecule has 0 spiro atoms. The molecule has 7 atom stereocenters. The number of nitrogen functional groups attached to an aromatic ring is 1. The molecule has 18 nitrogen and oxygen atoms in total. The molecule has 2 rings (SSSR count). The number of rotatable bonds is 39. The van der Waals surface area contributed by atoms with Crippen LogP contribution >= 0.6 is 15.6 Å². The van der Waals surface area contributed by atoms with E-state index >= 15 is 0 Å². The Balaban J connectivity index is 1.83. The van der Waals surface area contributed by atoms with Crippen LogP contribution in [0.3, 0.4) is 0 Å². The quantitative estimate of drug-likeness (QED) is 0.0178. The van der Waals surface area contributed by atoms with Gasteiger partial charge in [0.15, 0.2) is 12.3 Å². The number of unbranched alkanes of at least 4 members (excludes halogenated alkanes) is 18. The van der Waals surface area contributed by atoms with Crippen LogP contribution in [0, 0.1) is 5.92 Å². The van der Waals surface area contributed by atoms with Gasteiger partial charge in [0.1, 0.15) is 30.7 Å². The number of nitrogens with two attached hydrogens (primary N) is 1. The fraction of sp³-hybridized carbons (Fsp3) is 0.783. The molecule has 0 bridgehead atoms. The third-order valence-electron chi connectivity index (χ3n) is 11.0. The lowest BCUT2D eigenvalue weighted by Crippen LogP contribution is -2.36. The fourth-order valence-corrected chi connectivity index (χ4v) is 9.30. The summed E-state index contributed by atoms with van der Waals surface area (Å²) in [5.41, 5.74) is 4.58. The maximum Gasteiger partial charge on any atom is 0.481 e. The lowest BCUT2D eigenvalue weighted by molar-refractivity contribution is -0.161. The zero-order valence-corrected chi connectivity index (χ0v) is 41.5. The summed E-state index contributed by atoms with van der Waals surface area (Å²) in [6.45, 7) is 4.40. The van der Waals surface area contributed by atoms with Gasteiger partial charge < -0.3 is 39.9 Å². The summed E-state index contributed by atoms with van der Waals surface area (Å²) in [6, 6.07) is 1.25. The Bertz CT molecular complexity index is 1710. The van der Waals surface area contributed by atoms with Crippen molar-refractivity contribution in [1.82, 2.24) is 9.55 Å². The first-order chi connectivity index (χ1) is 31.5. The highest BCUT2D eigenvalue weighted by atomic mass is 31.3. The lowest BCUT2D eigenvalue weighted by Gasteiger charge is -2.21. The van der Waals surface area contributed by atoms with Crippen LogP contribution in [0.4, 0.5) is 5.82 Å². The van der Waals surface area contributed by atoms with E-state index in [4.69, 9.17) is 29.0 Å². The number of nitrogens with zero attached hydrogens (tertiary/aromatic N) is 2. The molecule has 1 aliphatic rings. The van der Waals surface area contributed by atoms with Gasteiger partial charge >= 0.3 is 33.3 Å². The predicted molar refractivity (Wildman–Crippen MR) is 252 cm³/mol. The number of carbonyl (C=O) groups excluding carboxylic acids is 2. The van der Waals surface area contributed by atoms with Crippen molar-refractivity contribution in [3.63, 3.8) is 0 Å². The van der Waals surface area contributed by atoms with Crippen molar-refractivity contribution in [2.75, 3.05) is 25.6 Å². The van der Waals surface area contributed by atoms with Crippen LogP contribution < -0.4 is 11.4 Å². The number of aliphatic hydroxyl groups is 2. The number of aliphatic hydroxyl groups excluding tert-OH is 2. The number of carbonyl (C=O) groups is 2. The van der Waals surface area contributed by atoms with Gasteiger partial charge in [0.05, 0.1) is 13.2 Å². The predicted octanol–water partition coefficient (Wildman–Crippen LogP) is 9.30. The SMILES string of the molecule is CCCCCC/C=C\C=C/CCCCCCCC(=O)O[C@H](COC(=O)CCCCCCCCCCCCC(C)C)COP(=O)(O)OP(=O)(O)OC[C@H]1O[C@@H](n2ccc(N)nc2=O)C(O)[C@H]1O. The van der Waals surface area contributed by atoms with Gasteiger partial charge in [0.2, 0.25) is 0 Å². The summed E-state index contributed by atoms with van der Waals surface area (Å²) < 4.78 is 56.7. The topological polar surface area (TPSA) is 265 Å². The summed E-state index contributed by atoms with van der Waals surface area (Å²) in [4.78, 5) is 61.8. The Morgan fingerprint density at radius 1 is 0.773 bits per heavy atom. The van der Waals surface area contributed by atoms with Crippen LogP contribution in [-0.4, -0.2) is 85.7 Å². The Hall–Kier alpha value is -2.76. The number of ether oxygens (including phenoxy) is 3. The number of phosphoric ester groups is 2. The molecule has 2 heterocycles. The third kappa shape index (κ3) is 27.9. The van der Waals surface area contributed by atoms with Crippen LogP contribution in [0.15, 0.2) is 41.4 Å². The molecule has 0 aromatic carbocycles. The minimum atomic E-state index is -5.42. The molecular formula is C46H81N3O15P2. The number of hydrogen-bond donors (Lipinski definition) is 5. The molecule has 1 aromatic rings. The van der Waals surface area contributed by atoms with Gasteiger partial charge in [-0.1, -0.05) is 148 Å². The second-order valence-corrected chi connectivity index (χ2v) is 20.5. The van der Waals surface area contributed by atoms with Gasteiger partial charge in [-0.2, -0.15) is 9.29 Å². The van der Waals surface area contributed by atoms with Crippen molar-refractivity contribution in [2.24, 2.45) is 5.92 Å². The number of anilines is 1. The summed E-state index contributed by atoms with van der Waals surface area (Å²) in [6.07, 6.45) is 25.6. The van der Waals surface area contributed by atoms with Crippen LogP contribution in [0.25, 0.3) is 0 Å². The molecule has 0 saturated carbocycles. The van der Waals surface area contributed by atoms with Gasteiger partial charge in [0.25, 0.3) is 0 Å². The molecule has 3 unspecified atom stereocenters. The van der Waals surface area contributed by atoms with E-state index in [2.05, 4.69) is 54.4 Å². The monoisotopic (exact) mass is 978 g/mol. The summed E-state index contributed by atoms with van der Waals surface area (Å²) >= 11 is 0. The number of aromatic nitrogens is 2. The average Bonchev–Trinajstić information content (AvgIpc) is 3.53. The average molecular weight is 978 g/mol. The molecule has 380 valence electrons. The first-order valence-corrected chi connectivity index (χ1v) is 27.2. The molecule has 20 heteroatoms. The zero-order chi connectivity index (χ0) is 48.6. The van der Waals surface area contributed by atoms with E-state index in [1.54, 1.807) is 0 Å². The van der Waals surface area contributed by atoms with Gasteiger partial charge in [-0.25, -0.2) is 13.9 Å². The van der Waals surface area contributed by atoms with E-state index < -0.39 is 83.7 Å². The first kappa shape index (κ1) is 59.4. The smallest absolute Gasteiger partial charge is 0.462 e. The highest BCUT2D eigenvalue weighted by molar-refractivity contribution is 7.61. The van der Waals surface area contributed by atoms with E-state index in [9.17, 15) is 43.5 Å². The Kier molecular flexibility index (Phi) is 31.0. The van der Waals surface area contributed by atoms with E-state index in [1.807, 2.05) is 0 Å². The van der Waals surface area contributed by atoms with Crippen LogP contribution in [0.2, 0.25) is 0 Å². The highest BCUT2D eigenvalue weighted by Crippen LogP contribution is 2.60. The first-order valence-electron chi connectivity index (χ1n) is 24.2. The number of hydrogen-bond acceptors (Lipinski definition) is 15. The Morgan fingerprint density at radius 3 is 1.88 bits per heavy atom. The van der Waals surface area contributed by atoms with Crippen LogP contribution in [0.5, 0.6) is 0 Å². The second kappa shape index (κ2) is 34.5. The molecule has 0 aliphatic carbocycles. The van der Waals surface area contributed by atoms with E-state index in [0.29, 0.717) is 12.8 Å². The highest BCUT2D eigenvalue weighted by Gasteiger charge is 2.46. The molecule has 6 N–H and O–H groups in total. The van der Waals surface area contributed by atoms with Gasteiger partial charge in [-0.3, -0.25) is 23.2 Å². The van der Waals surface area contributed by atoms with E-state index in [1.165, 1.54) is 70.3 Å². The standard InChI is InChI=1S/C46H81N3O15P2/c1-4-5-6-7-8-9-10-11-12-13-14-19-22-25-28-31-42(51)62-38(34-59-41(50)30-27-24-21-18-16-15-17-20-23-26-29-37(2)3)35-60-65(55,56)64-66(57,58)61-36-39-43(52)44(53)45(63-39)49-33-32-40(47)48-46(49)54/h9-12,32-33,37-39,43-45,52-53H,4-8,13-31,34-36H2,1-3H3,(H,55,56)(H,57,58)(H2,47,48,54)/b10-9-,12-11-/t38-,39-,43+,44?,45-/m1/s1. The van der Waals surface area contributed by atoms with Crippen LogP contribution in [-0.2, 0) is 46.3 Å². The number of phosphoric acid groups is 2. The molecule has 1 fully saturated rings. The second-order valence-electron chi connectivity index (χ2n) is 17.5. The molecule has 0 radical (unpaired) electrons. The van der Waals surface area contributed by atoms with Crippen molar-refractivity contribution >= 4 is 33.4 Å². The van der Waals surface area contributed by atoms with Crippen molar-refractivity contribution < 1.29 is 66.3 Å². The molecule has 66 heavy (non-hydrogen) atoms. The molecule has 1 saturated heterocycles. The van der Waals surface area contributed by atoms with Gasteiger partial charge in [-0.05, 0) is 50.5 Å². The lowest BCUT2D eigenvalue weighted by atomic mass is 10.0. The maximum atomic E-state index is 12.8. The summed E-state index contributed by atoms with van der Waals surface area (Å²) in [7, 11) is -10.8. The van der Waals surface area contributed by atoms with Gasteiger partial charge in [0, 0.05) is 19.0 Å².